The van der Waals surface area contributed by atoms with Gasteiger partial charge in [-0.25, -0.2) is 4.98 Å². The molecule has 1 aromatic rings. The Kier molecular flexibility index (Phi) is 4.00. The normalized spacial score (nSPS) is 25.4. The van der Waals surface area contributed by atoms with Crippen LogP contribution in [-0.2, 0) is 4.74 Å². The maximum atomic E-state index is 11.1. The predicted molar refractivity (Wildman–Crippen MR) is 68.7 cm³/mol. The molecular weight excluding hydrogens is 268 g/mol. The summed E-state index contributed by atoms with van der Waals surface area (Å²) in [7, 11) is 1.29. The highest BCUT2D eigenvalue weighted by Crippen LogP contribution is 2.32. The molecule has 1 fully saturated rings. The van der Waals surface area contributed by atoms with Crippen molar-refractivity contribution in [3.63, 3.8) is 0 Å². The van der Waals surface area contributed by atoms with Crippen LogP contribution in [0, 0.1) is 10.1 Å². The maximum absolute atomic E-state index is 11.1. The SMILES string of the molecule is COc1ncnc(NCC2(O)CCOC2C)c1[N+](=O)[O-]. The highest BCUT2D eigenvalue weighted by molar-refractivity contribution is 5.61. The van der Waals surface area contributed by atoms with Crippen molar-refractivity contribution in [2.75, 3.05) is 25.6 Å². The number of hydrogen-bond acceptors (Lipinski definition) is 8. The summed E-state index contributed by atoms with van der Waals surface area (Å²) in [6.07, 6.45) is 1.27. The quantitative estimate of drug-likeness (QED) is 0.587. The van der Waals surface area contributed by atoms with E-state index in [1.165, 1.54) is 7.11 Å². The van der Waals surface area contributed by atoms with Gasteiger partial charge in [0.25, 0.3) is 5.88 Å². The molecule has 1 aliphatic rings. The van der Waals surface area contributed by atoms with Gasteiger partial charge in [-0.05, 0) is 6.92 Å². The molecule has 1 aromatic heterocycles. The highest BCUT2D eigenvalue weighted by Gasteiger charge is 2.40. The summed E-state index contributed by atoms with van der Waals surface area (Å²) in [5.74, 6) is -0.121. The van der Waals surface area contributed by atoms with Gasteiger partial charge in [0.1, 0.15) is 11.9 Å². The molecule has 0 spiro atoms. The first-order valence-corrected chi connectivity index (χ1v) is 6.09. The Labute approximate surface area is 115 Å². The van der Waals surface area contributed by atoms with E-state index in [1.807, 2.05) is 0 Å². The van der Waals surface area contributed by atoms with Crippen LogP contribution in [-0.4, -0.2) is 52.0 Å². The average molecular weight is 284 g/mol. The van der Waals surface area contributed by atoms with E-state index in [0.717, 1.165) is 6.33 Å². The van der Waals surface area contributed by atoms with Crippen LogP contribution in [0.15, 0.2) is 6.33 Å². The highest BCUT2D eigenvalue weighted by atomic mass is 16.6. The van der Waals surface area contributed by atoms with E-state index >= 15 is 0 Å². The summed E-state index contributed by atoms with van der Waals surface area (Å²) in [6, 6.07) is 0. The fourth-order valence-corrected chi connectivity index (χ4v) is 2.05. The summed E-state index contributed by atoms with van der Waals surface area (Å²) in [4.78, 5) is 18.0. The molecule has 20 heavy (non-hydrogen) atoms. The number of nitro groups is 1. The largest absolute Gasteiger partial charge is 0.476 e. The Morgan fingerprint density at radius 2 is 2.45 bits per heavy atom. The monoisotopic (exact) mass is 284 g/mol. The van der Waals surface area contributed by atoms with Crippen LogP contribution in [0.5, 0.6) is 5.88 Å². The number of nitrogens with one attached hydrogen (secondary N) is 1. The molecule has 2 atom stereocenters. The molecule has 9 nitrogen and oxygen atoms in total. The molecule has 0 saturated carbocycles. The summed E-state index contributed by atoms with van der Waals surface area (Å²) in [5, 5.41) is 24.2. The maximum Gasteiger partial charge on any atom is 0.372 e. The van der Waals surface area contributed by atoms with E-state index in [0.29, 0.717) is 13.0 Å². The van der Waals surface area contributed by atoms with E-state index in [4.69, 9.17) is 9.47 Å². The van der Waals surface area contributed by atoms with Crippen LogP contribution in [0.1, 0.15) is 13.3 Å². The van der Waals surface area contributed by atoms with Gasteiger partial charge in [-0.1, -0.05) is 0 Å². The van der Waals surface area contributed by atoms with Crippen molar-refractivity contribution < 1.29 is 19.5 Å². The van der Waals surface area contributed by atoms with E-state index in [-0.39, 0.29) is 30.0 Å². The third-order valence-electron chi connectivity index (χ3n) is 3.39. The minimum absolute atomic E-state index is 0.00868. The van der Waals surface area contributed by atoms with Crippen LogP contribution in [0.25, 0.3) is 0 Å². The van der Waals surface area contributed by atoms with Gasteiger partial charge in [-0.3, -0.25) is 10.1 Å². The standard InChI is InChI=1S/C11H16N4O5/c1-7-11(16,3-4-20-7)5-12-9-8(15(17)18)10(19-2)14-6-13-9/h6-7,16H,3-5H2,1-2H3,(H,12,13,14). The molecule has 0 aliphatic carbocycles. The Bertz CT molecular complexity index is 512. The van der Waals surface area contributed by atoms with Crippen molar-refractivity contribution in [2.24, 2.45) is 0 Å². The molecular formula is C11H16N4O5. The van der Waals surface area contributed by atoms with Crippen LogP contribution < -0.4 is 10.1 Å². The third-order valence-corrected chi connectivity index (χ3v) is 3.39. The van der Waals surface area contributed by atoms with Gasteiger partial charge in [0.05, 0.1) is 18.1 Å². The number of nitrogens with zero attached hydrogens (tertiary/aromatic N) is 3. The van der Waals surface area contributed by atoms with Gasteiger partial charge >= 0.3 is 5.69 Å². The molecule has 9 heteroatoms. The van der Waals surface area contributed by atoms with Gasteiger partial charge in [0, 0.05) is 19.6 Å². The zero-order chi connectivity index (χ0) is 14.8. The van der Waals surface area contributed by atoms with E-state index in [1.54, 1.807) is 6.92 Å². The minimum atomic E-state index is -1.08. The lowest BCUT2D eigenvalue weighted by molar-refractivity contribution is -0.385. The molecule has 0 aromatic carbocycles. The van der Waals surface area contributed by atoms with Gasteiger partial charge in [0.2, 0.25) is 5.82 Å². The third kappa shape index (κ3) is 2.63. The van der Waals surface area contributed by atoms with Gasteiger partial charge in [-0.2, -0.15) is 4.98 Å². The molecule has 2 N–H and O–H groups in total. The zero-order valence-electron chi connectivity index (χ0n) is 11.2. The second-order valence-electron chi connectivity index (χ2n) is 4.56. The summed E-state index contributed by atoms with van der Waals surface area (Å²) >= 11 is 0. The number of aromatic nitrogens is 2. The first kappa shape index (κ1) is 14.4. The van der Waals surface area contributed by atoms with Crippen LogP contribution in [0.3, 0.4) is 0 Å². The van der Waals surface area contributed by atoms with Crippen molar-refractivity contribution in [1.82, 2.24) is 9.97 Å². The van der Waals surface area contributed by atoms with Gasteiger partial charge < -0.3 is 19.9 Å². The summed E-state index contributed by atoms with van der Waals surface area (Å²) < 4.78 is 10.1. The Balaban J connectivity index is 2.19. The van der Waals surface area contributed by atoms with Crippen molar-refractivity contribution >= 4 is 11.5 Å². The van der Waals surface area contributed by atoms with Crippen molar-refractivity contribution in [3.05, 3.63) is 16.4 Å². The second-order valence-corrected chi connectivity index (χ2v) is 4.56. The molecule has 1 saturated heterocycles. The average Bonchev–Trinajstić information content (AvgIpc) is 2.76. The van der Waals surface area contributed by atoms with Crippen LogP contribution in [0.4, 0.5) is 11.5 Å². The molecule has 110 valence electrons. The van der Waals surface area contributed by atoms with Crippen molar-refractivity contribution in [1.29, 1.82) is 0 Å². The van der Waals surface area contributed by atoms with Gasteiger partial charge in [0.15, 0.2) is 0 Å². The van der Waals surface area contributed by atoms with Crippen LogP contribution in [0.2, 0.25) is 0 Å². The molecule has 2 unspecified atom stereocenters. The first-order chi connectivity index (χ1) is 9.48. The van der Waals surface area contributed by atoms with Crippen molar-refractivity contribution in [3.8, 4) is 5.88 Å². The first-order valence-electron chi connectivity index (χ1n) is 6.09. The fourth-order valence-electron chi connectivity index (χ4n) is 2.05. The van der Waals surface area contributed by atoms with E-state index in [9.17, 15) is 15.2 Å². The lowest BCUT2D eigenvalue weighted by Gasteiger charge is -2.26. The molecule has 0 bridgehead atoms. The lowest BCUT2D eigenvalue weighted by Crippen LogP contribution is -2.43. The number of rotatable bonds is 5. The number of ether oxygens (including phenoxy) is 2. The summed E-state index contributed by atoms with van der Waals surface area (Å²) in [6.45, 7) is 2.30. The lowest BCUT2D eigenvalue weighted by atomic mass is 9.97. The van der Waals surface area contributed by atoms with Crippen LogP contribution >= 0.6 is 0 Å². The molecule has 0 radical (unpaired) electrons. The molecule has 2 rings (SSSR count). The predicted octanol–water partition coefficient (Wildman–Crippen LogP) is 0.345. The van der Waals surface area contributed by atoms with Crippen molar-refractivity contribution in [2.45, 2.75) is 25.0 Å². The zero-order valence-corrected chi connectivity index (χ0v) is 11.2. The number of anilines is 1. The smallest absolute Gasteiger partial charge is 0.372 e. The Morgan fingerprint density at radius 3 is 3.00 bits per heavy atom. The summed E-state index contributed by atoms with van der Waals surface area (Å²) in [5.41, 5.74) is -1.43. The number of hydrogen-bond donors (Lipinski definition) is 2. The Morgan fingerprint density at radius 1 is 1.70 bits per heavy atom. The van der Waals surface area contributed by atoms with E-state index in [2.05, 4.69) is 15.3 Å². The number of aliphatic hydroxyl groups is 1. The second kappa shape index (κ2) is 5.55. The van der Waals surface area contributed by atoms with Gasteiger partial charge in [-0.15, -0.1) is 0 Å². The van der Waals surface area contributed by atoms with E-state index < -0.39 is 10.5 Å². The fraction of sp³-hybridized carbons (Fsp3) is 0.636. The molecule has 2 heterocycles. The molecule has 0 amide bonds. The minimum Gasteiger partial charge on any atom is -0.476 e. The molecule has 1 aliphatic heterocycles. The number of methoxy groups -OCH3 is 1. The Hall–Kier alpha value is -2.00. The topological polar surface area (TPSA) is 120 Å².